The summed E-state index contributed by atoms with van der Waals surface area (Å²) in [5.74, 6) is -4.40. The quantitative estimate of drug-likeness (QED) is 0.435. The van der Waals surface area contributed by atoms with Crippen LogP contribution in [0.15, 0.2) is 59.6 Å². The number of anilines is 1. The highest BCUT2D eigenvalue weighted by Crippen LogP contribution is 2.30. The van der Waals surface area contributed by atoms with E-state index in [1.54, 1.807) is 18.3 Å². The number of hydrogen-bond acceptors (Lipinski definition) is 3. The first-order valence-electron chi connectivity index (χ1n) is 7.72. The Kier molecular flexibility index (Phi) is 6.03. The van der Waals surface area contributed by atoms with Crippen LogP contribution < -0.4 is 5.32 Å². The van der Waals surface area contributed by atoms with Gasteiger partial charge in [-0.25, -0.2) is 13.2 Å². The van der Waals surface area contributed by atoms with Crippen molar-refractivity contribution in [2.45, 2.75) is 10.6 Å². The molecular weight excluding hydrogens is 397 g/mol. The number of carbonyl (C=O) groups excluding carboxylic acids is 1. The molecule has 1 aromatic heterocycles. The third-order valence-corrected chi connectivity index (χ3v) is 5.07. The summed E-state index contributed by atoms with van der Waals surface area (Å²) in [6, 6.07) is 11.6. The van der Waals surface area contributed by atoms with Crippen molar-refractivity contribution in [3.63, 3.8) is 0 Å². The number of hydrogen-bond donors (Lipinski definition) is 1. The Balaban J connectivity index is 1.75. The Bertz CT molecular complexity index is 963. The largest absolute Gasteiger partial charge is 0.322 e. The first-order valence-corrected chi connectivity index (χ1v) is 9.08. The van der Waals surface area contributed by atoms with Gasteiger partial charge in [0.15, 0.2) is 17.5 Å². The van der Waals surface area contributed by atoms with Crippen molar-refractivity contribution in [3.05, 3.63) is 88.5 Å². The van der Waals surface area contributed by atoms with Gasteiger partial charge in [0.25, 0.3) is 5.91 Å². The van der Waals surface area contributed by atoms with Gasteiger partial charge in [0, 0.05) is 40.2 Å². The van der Waals surface area contributed by atoms with Crippen LogP contribution in [0.1, 0.15) is 16.1 Å². The minimum Gasteiger partial charge on any atom is -0.322 e. The lowest BCUT2D eigenvalue weighted by molar-refractivity contribution is 0.102. The van der Waals surface area contributed by atoms with E-state index in [4.69, 9.17) is 11.6 Å². The van der Waals surface area contributed by atoms with Crippen molar-refractivity contribution in [2.75, 3.05) is 5.32 Å². The van der Waals surface area contributed by atoms with Crippen molar-refractivity contribution in [1.29, 1.82) is 0 Å². The number of aromatic nitrogens is 1. The summed E-state index contributed by atoms with van der Waals surface area (Å²) in [4.78, 5) is 17.2. The van der Waals surface area contributed by atoms with Crippen LogP contribution in [0, 0.1) is 17.5 Å². The summed E-state index contributed by atoms with van der Waals surface area (Å²) in [7, 11) is 0. The van der Waals surface area contributed by atoms with Gasteiger partial charge in [0.05, 0.1) is 10.7 Å². The van der Waals surface area contributed by atoms with Crippen LogP contribution in [0.2, 0.25) is 5.02 Å². The van der Waals surface area contributed by atoms with Crippen molar-refractivity contribution in [3.8, 4) is 0 Å². The van der Waals surface area contributed by atoms with Crippen molar-refractivity contribution >= 4 is 35.0 Å². The maximum atomic E-state index is 13.3. The molecule has 0 fully saturated rings. The molecule has 0 atom stereocenters. The average molecular weight is 409 g/mol. The van der Waals surface area contributed by atoms with Gasteiger partial charge in [0.2, 0.25) is 0 Å². The second-order valence-electron chi connectivity index (χ2n) is 5.46. The lowest BCUT2D eigenvalue weighted by Crippen LogP contribution is -2.12. The Morgan fingerprint density at radius 2 is 1.81 bits per heavy atom. The molecule has 0 radical (unpaired) electrons. The van der Waals surface area contributed by atoms with Gasteiger partial charge in [-0.1, -0.05) is 17.7 Å². The second kappa shape index (κ2) is 8.45. The first-order chi connectivity index (χ1) is 12.9. The number of benzene rings is 2. The Hall–Kier alpha value is -2.51. The van der Waals surface area contributed by atoms with Crippen LogP contribution >= 0.6 is 23.4 Å². The predicted molar refractivity (Wildman–Crippen MR) is 99.5 cm³/mol. The maximum absolute atomic E-state index is 13.3. The average Bonchev–Trinajstić information content (AvgIpc) is 2.66. The van der Waals surface area contributed by atoms with Gasteiger partial charge in [-0.15, -0.1) is 11.8 Å². The zero-order valence-electron chi connectivity index (χ0n) is 13.7. The van der Waals surface area contributed by atoms with E-state index in [9.17, 15) is 18.0 Å². The topological polar surface area (TPSA) is 42.0 Å². The number of rotatable bonds is 5. The number of amides is 1. The number of carbonyl (C=O) groups is 1. The zero-order chi connectivity index (χ0) is 19.4. The summed E-state index contributed by atoms with van der Waals surface area (Å²) < 4.78 is 39.6. The molecule has 138 valence electrons. The van der Waals surface area contributed by atoms with Crippen LogP contribution in [0.25, 0.3) is 0 Å². The van der Waals surface area contributed by atoms with Gasteiger partial charge in [-0.2, -0.15) is 0 Å². The maximum Gasteiger partial charge on any atom is 0.255 e. The first kappa shape index (κ1) is 19.3. The van der Waals surface area contributed by atoms with E-state index < -0.39 is 23.4 Å². The Morgan fingerprint density at radius 1 is 1.07 bits per heavy atom. The SMILES string of the molecule is O=C(Nc1cc(F)c(F)c(F)c1)c1ccc(Cl)c(SCc2ccccn2)c1. The minimum absolute atomic E-state index is 0.186. The fourth-order valence-electron chi connectivity index (χ4n) is 2.22. The highest BCUT2D eigenvalue weighted by molar-refractivity contribution is 7.98. The molecule has 1 amide bonds. The van der Waals surface area contributed by atoms with Gasteiger partial charge in [-0.3, -0.25) is 9.78 Å². The van der Waals surface area contributed by atoms with Gasteiger partial charge in [0.1, 0.15) is 0 Å². The molecule has 3 nitrogen and oxygen atoms in total. The van der Waals surface area contributed by atoms with Crippen LogP contribution in [0.3, 0.4) is 0 Å². The number of nitrogens with one attached hydrogen (secondary N) is 1. The minimum atomic E-state index is -1.59. The molecule has 0 saturated heterocycles. The molecule has 3 rings (SSSR count). The molecule has 1 N–H and O–H groups in total. The second-order valence-corrected chi connectivity index (χ2v) is 6.89. The molecule has 0 aliphatic heterocycles. The summed E-state index contributed by atoms with van der Waals surface area (Å²) in [5.41, 5.74) is 0.910. The predicted octanol–water partition coefficient (Wildman–Crippen LogP) is 5.70. The number of nitrogens with zero attached hydrogens (tertiary/aromatic N) is 1. The fraction of sp³-hybridized carbons (Fsp3) is 0.0526. The lowest BCUT2D eigenvalue weighted by Gasteiger charge is -2.09. The summed E-state index contributed by atoms with van der Waals surface area (Å²) in [6.45, 7) is 0. The van der Waals surface area contributed by atoms with Crippen molar-refractivity contribution in [2.24, 2.45) is 0 Å². The molecule has 0 unspecified atom stereocenters. The number of pyridine rings is 1. The normalized spacial score (nSPS) is 10.7. The number of halogens is 4. The van der Waals surface area contributed by atoms with E-state index in [-0.39, 0.29) is 11.3 Å². The molecule has 1 heterocycles. The fourth-order valence-corrected chi connectivity index (χ4v) is 3.39. The molecular formula is C19H12ClF3N2OS. The lowest BCUT2D eigenvalue weighted by atomic mass is 10.2. The van der Waals surface area contributed by atoms with Crippen LogP contribution in [-0.4, -0.2) is 10.9 Å². The third kappa shape index (κ3) is 4.81. The van der Waals surface area contributed by atoms with Gasteiger partial charge in [-0.05, 0) is 30.3 Å². The van der Waals surface area contributed by atoms with Crippen molar-refractivity contribution in [1.82, 2.24) is 4.98 Å². The summed E-state index contributed by atoms with van der Waals surface area (Å²) >= 11 is 7.57. The van der Waals surface area contributed by atoms with E-state index in [0.717, 1.165) is 5.69 Å². The summed E-state index contributed by atoms with van der Waals surface area (Å²) in [5, 5.41) is 2.80. The molecule has 0 aliphatic rings. The van der Waals surface area contributed by atoms with Crippen LogP contribution in [-0.2, 0) is 5.75 Å². The zero-order valence-corrected chi connectivity index (χ0v) is 15.3. The van der Waals surface area contributed by atoms with E-state index in [2.05, 4.69) is 10.3 Å². The van der Waals surface area contributed by atoms with E-state index >= 15 is 0 Å². The highest BCUT2D eigenvalue weighted by Gasteiger charge is 2.14. The molecule has 0 aliphatic carbocycles. The monoisotopic (exact) mass is 408 g/mol. The van der Waals surface area contributed by atoms with Gasteiger partial charge >= 0.3 is 0 Å². The van der Waals surface area contributed by atoms with Crippen molar-refractivity contribution < 1.29 is 18.0 Å². The molecule has 27 heavy (non-hydrogen) atoms. The molecule has 0 saturated carbocycles. The molecule has 0 bridgehead atoms. The Morgan fingerprint density at radius 3 is 2.48 bits per heavy atom. The Labute approximate surface area is 162 Å². The number of thioether (sulfide) groups is 1. The molecule has 8 heteroatoms. The highest BCUT2D eigenvalue weighted by atomic mass is 35.5. The standard InChI is InChI=1S/C19H12ClF3N2OS/c20-14-5-4-11(7-17(14)27-10-12-3-1-2-6-24-12)19(26)25-13-8-15(21)18(23)16(22)9-13/h1-9H,10H2,(H,25,26). The third-order valence-electron chi connectivity index (χ3n) is 3.54. The van der Waals surface area contributed by atoms with E-state index in [1.165, 1.54) is 17.8 Å². The van der Waals surface area contributed by atoms with E-state index in [0.29, 0.717) is 27.8 Å². The molecule has 0 spiro atoms. The molecule has 3 aromatic rings. The molecule has 2 aromatic carbocycles. The summed E-state index contributed by atoms with van der Waals surface area (Å²) in [6.07, 6.45) is 1.68. The van der Waals surface area contributed by atoms with Crippen LogP contribution in [0.4, 0.5) is 18.9 Å². The van der Waals surface area contributed by atoms with E-state index in [1.807, 2.05) is 18.2 Å². The van der Waals surface area contributed by atoms with Gasteiger partial charge < -0.3 is 5.32 Å². The smallest absolute Gasteiger partial charge is 0.255 e. The van der Waals surface area contributed by atoms with Crippen LogP contribution in [0.5, 0.6) is 0 Å².